The third-order valence-corrected chi connectivity index (χ3v) is 4.26. The molecule has 0 aliphatic rings. The molecule has 0 heterocycles. The van der Waals surface area contributed by atoms with E-state index in [4.69, 9.17) is 39.9 Å². The second kappa shape index (κ2) is 7.24. The number of thioether (sulfide) groups is 1. The van der Waals surface area contributed by atoms with E-state index in [1.54, 1.807) is 0 Å². The summed E-state index contributed by atoms with van der Waals surface area (Å²) < 4.78 is 0. The highest BCUT2D eigenvalue weighted by Gasteiger charge is 2.14. The number of carbonyl (C=O) groups excluding carboxylic acids is 1. The third kappa shape index (κ3) is 5.10. The van der Waals surface area contributed by atoms with Crippen molar-refractivity contribution in [3.8, 4) is 0 Å². The lowest BCUT2D eigenvalue weighted by Gasteiger charge is -2.09. The Labute approximate surface area is 129 Å². The first-order valence-electron chi connectivity index (χ1n) is 5.10. The van der Waals surface area contributed by atoms with Crippen molar-refractivity contribution in [1.29, 1.82) is 0 Å². The van der Waals surface area contributed by atoms with E-state index in [-0.39, 0.29) is 21.7 Å². The first-order chi connectivity index (χ1) is 8.81. The van der Waals surface area contributed by atoms with Gasteiger partial charge in [-0.2, -0.15) is 0 Å². The normalized spacial score (nSPS) is 12.0. The van der Waals surface area contributed by atoms with Crippen molar-refractivity contribution in [2.45, 2.75) is 12.2 Å². The molecule has 8 heteroatoms. The maximum absolute atomic E-state index is 11.6. The van der Waals surface area contributed by atoms with Gasteiger partial charge in [-0.3, -0.25) is 9.59 Å². The molecule has 1 aromatic rings. The summed E-state index contributed by atoms with van der Waals surface area (Å²) in [6.07, 6.45) is 0. The van der Waals surface area contributed by atoms with Crippen LogP contribution in [0.1, 0.15) is 6.92 Å². The number of benzene rings is 1. The number of carboxylic acid groups (broad SMARTS) is 1. The summed E-state index contributed by atoms with van der Waals surface area (Å²) in [4.78, 5) is 22.2. The van der Waals surface area contributed by atoms with Gasteiger partial charge in [-0.1, -0.05) is 34.8 Å². The van der Waals surface area contributed by atoms with Gasteiger partial charge in [-0.25, -0.2) is 0 Å². The van der Waals surface area contributed by atoms with Crippen LogP contribution in [0.3, 0.4) is 0 Å². The number of halogens is 3. The van der Waals surface area contributed by atoms with Crippen molar-refractivity contribution in [3.63, 3.8) is 0 Å². The molecule has 0 radical (unpaired) electrons. The van der Waals surface area contributed by atoms with E-state index in [1.807, 2.05) is 0 Å². The highest BCUT2D eigenvalue weighted by molar-refractivity contribution is 8.01. The third-order valence-electron chi connectivity index (χ3n) is 2.10. The molecule has 0 spiro atoms. The van der Waals surface area contributed by atoms with Crippen molar-refractivity contribution >= 4 is 64.1 Å². The van der Waals surface area contributed by atoms with Gasteiger partial charge in [0.25, 0.3) is 0 Å². The fraction of sp³-hybridized carbons (Fsp3) is 0.273. The molecule has 1 atom stereocenters. The van der Waals surface area contributed by atoms with Crippen molar-refractivity contribution in [3.05, 3.63) is 27.2 Å². The highest BCUT2D eigenvalue weighted by Crippen LogP contribution is 2.32. The standard InChI is InChI=1S/C11H10Cl3NO3S/c1-5(11(17)18)19-4-10(16)15-9-3-7(13)6(12)2-8(9)14/h2-3,5H,4H2,1H3,(H,15,16)(H,17,18). The Kier molecular flexibility index (Phi) is 6.26. The minimum Gasteiger partial charge on any atom is -0.480 e. The van der Waals surface area contributed by atoms with Crippen molar-refractivity contribution in [1.82, 2.24) is 0 Å². The summed E-state index contributed by atoms with van der Waals surface area (Å²) in [6.45, 7) is 1.51. The molecule has 1 amide bonds. The van der Waals surface area contributed by atoms with Crippen molar-refractivity contribution in [2.24, 2.45) is 0 Å². The van der Waals surface area contributed by atoms with Gasteiger partial charge >= 0.3 is 5.97 Å². The van der Waals surface area contributed by atoms with Crippen LogP contribution in [0, 0.1) is 0 Å². The van der Waals surface area contributed by atoms with E-state index >= 15 is 0 Å². The number of hydrogen-bond donors (Lipinski definition) is 2. The fourth-order valence-electron chi connectivity index (χ4n) is 1.08. The van der Waals surface area contributed by atoms with Gasteiger partial charge in [0.05, 0.1) is 31.8 Å². The molecule has 0 aromatic heterocycles. The molecule has 0 aliphatic heterocycles. The lowest BCUT2D eigenvalue weighted by atomic mass is 10.3. The summed E-state index contributed by atoms with van der Waals surface area (Å²) in [5.74, 6) is -1.33. The van der Waals surface area contributed by atoms with Gasteiger partial charge in [0.2, 0.25) is 5.91 Å². The fourth-order valence-corrected chi connectivity index (χ4v) is 2.29. The van der Waals surface area contributed by atoms with Crippen LogP contribution in [0.25, 0.3) is 0 Å². The Hall–Kier alpha value is -0.620. The molecule has 19 heavy (non-hydrogen) atoms. The molecule has 104 valence electrons. The van der Waals surface area contributed by atoms with Crippen LogP contribution in [0.15, 0.2) is 12.1 Å². The Morgan fingerprint density at radius 3 is 2.42 bits per heavy atom. The predicted octanol–water partition coefficient (Wildman–Crippen LogP) is 3.79. The maximum Gasteiger partial charge on any atom is 0.316 e. The number of anilines is 1. The molecule has 0 bridgehead atoms. The monoisotopic (exact) mass is 341 g/mol. The second-order valence-electron chi connectivity index (χ2n) is 3.59. The molecule has 0 saturated carbocycles. The topological polar surface area (TPSA) is 66.4 Å². The van der Waals surface area contributed by atoms with Crippen LogP contribution in [0.2, 0.25) is 15.1 Å². The van der Waals surface area contributed by atoms with Crippen molar-refractivity contribution in [2.75, 3.05) is 11.1 Å². The highest BCUT2D eigenvalue weighted by atomic mass is 35.5. The minimum absolute atomic E-state index is 0.00401. The number of rotatable bonds is 5. The van der Waals surface area contributed by atoms with Crippen LogP contribution < -0.4 is 5.32 Å². The maximum atomic E-state index is 11.6. The summed E-state index contributed by atoms with van der Waals surface area (Å²) in [6, 6.07) is 2.86. The lowest BCUT2D eigenvalue weighted by Crippen LogP contribution is -2.19. The Morgan fingerprint density at radius 2 is 1.84 bits per heavy atom. The van der Waals surface area contributed by atoms with Gasteiger partial charge in [-0.15, -0.1) is 11.8 Å². The molecule has 2 N–H and O–H groups in total. The van der Waals surface area contributed by atoms with Gasteiger partial charge in [-0.05, 0) is 19.1 Å². The largest absolute Gasteiger partial charge is 0.480 e. The molecule has 1 rings (SSSR count). The number of carbonyl (C=O) groups is 2. The molecule has 0 aliphatic carbocycles. The molecule has 0 fully saturated rings. The Balaban J connectivity index is 2.62. The zero-order valence-corrected chi connectivity index (χ0v) is 12.8. The average molecular weight is 343 g/mol. The lowest BCUT2D eigenvalue weighted by molar-refractivity contribution is -0.136. The number of amides is 1. The van der Waals surface area contributed by atoms with Gasteiger partial charge in [0.15, 0.2) is 0 Å². The van der Waals surface area contributed by atoms with E-state index in [9.17, 15) is 9.59 Å². The van der Waals surface area contributed by atoms with Gasteiger partial charge < -0.3 is 10.4 Å². The number of aliphatic carboxylic acids is 1. The molecular weight excluding hydrogens is 333 g/mol. The summed E-state index contributed by atoms with van der Waals surface area (Å²) in [5, 5.41) is 11.4. The SMILES string of the molecule is CC(SCC(=O)Nc1cc(Cl)c(Cl)cc1Cl)C(=O)O. The van der Waals surface area contributed by atoms with E-state index in [2.05, 4.69) is 5.32 Å². The molecule has 1 aromatic carbocycles. The summed E-state index contributed by atoms with van der Waals surface area (Å²) >= 11 is 18.5. The quantitative estimate of drug-likeness (QED) is 0.799. The van der Waals surface area contributed by atoms with Crippen LogP contribution in [0.5, 0.6) is 0 Å². The van der Waals surface area contributed by atoms with Crippen LogP contribution in [0.4, 0.5) is 5.69 Å². The molecule has 4 nitrogen and oxygen atoms in total. The summed E-state index contributed by atoms with van der Waals surface area (Å²) in [7, 11) is 0. The Bertz CT molecular complexity index is 510. The first-order valence-corrected chi connectivity index (χ1v) is 7.28. The van der Waals surface area contributed by atoms with Gasteiger partial charge in [0.1, 0.15) is 0 Å². The zero-order valence-electron chi connectivity index (χ0n) is 9.75. The van der Waals surface area contributed by atoms with Gasteiger partial charge in [0, 0.05) is 0 Å². The second-order valence-corrected chi connectivity index (χ2v) is 6.14. The number of nitrogens with one attached hydrogen (secondary N) is 1. The number of carboxylic acids is 1. The summed E-state index contributed by atoms with van der Waals surface area (Å²) in [5.41, 5.74) is 0.338. The average Bonchev–Trinajstić information content (AvgIpc) is 2.32. The molecular formula is C11H10Cl3NO3S. The van der Waals surface area contributed by atoms with Crippen LogP contribution >= 0.6 is 46.6 Å². The zero-order chi connectivity index (χ0) is 14.6. The molecule has 1 unspecified atom stereocenters. The number of hydrogen-bond acceptors (Lipinski definition) is 3. The van der Waals surface area contributed by atoms with E-state index in [0.717, 1.165) is 11.8 Å². The van der Waals surface area contributed by atoms with E-state index in [0.29, 0.717) is 10.7 Å². The smallest absolute Gasteiger partial charge is 0.316 e. The van der Waals surface area contributed by atoms with E-state index < -0.39 is 11.2 Å². The minimum atomic E-state index is -0.967. The Morgan fingerprint density at radius 1 is 1.26 bits per heavy atom. The van der Waals surface area contributed by atoms with Crippen LogP contribution in [-0.4, -0.2) is 28.0 Å². The van der Waals surface area contributed by atoms with Crippen molar-refractivity contribution < 1.29 is 14.7 Å². The predicted molar refractivity (Wildman–Crippen MR) is 79.7 cm³/mol. The molecule has 0 saturated heterocycles. The van der Waals surface area contributed by atoms with Crippen LogP contribution in [-0.2, 0) is 9.59 Å². The first kappa shape index (κ1) is 16.4. The van der Waals surface area contributed by atoms with E-state index in [1.165, 1.54) is 19.1 Å².